The monoisotopic (exact) mass is 351 g/mol. The highest BCUT2D eigenvalue weighted by Crippen LogP contribution is 2.28. The summed E-state index contributed by atoms with van der Waals surface area (Å²) < 4.78 is 26.5. The summed E-state index contributed by atoms with van der Waals surface area (Å²) in [5.74, 6) is 0. The number of non-ortho nitro benzene ring substituents is 2. The van der Waals surface area contributed by atoms with E-state index < -0.39 is 19.9 Å². The van der Waals surface area contributed by atoms with Crippen molar-refractivity contribution in [3.63, 3.8) is 0 Å². The first kappa shape index (κ1) is 17.3. The number of hydrogen-bond acceptors (Lipinski definition) is 6. The van der Waals surface area contributed by atoms with Crippen LogP contribution in [0.1, 0.15) is 6.92 Å². The van der Waals surface area contributed by atoms with Crippen LogP contribution in [0.25, 0.3) is 0 Å². The van der Waals surface area contributed by atoms with E-state index in [0.717, 1.165) is 16.4 Å². The lowest BCUT2D eigenvalue weighted by molar-refractivity contribution is -0.385. The largest absolute Gasteiger partial charge is 0.271 e. The second kappa shape index (κ2) is 6.62. The van der Waals surface area contributed by atoms with Gasteiger partial charge < -0.3 is 0 Å². The van der Waals surface area contributed by atoms with Gasteiger partial charge in [0.2, 0.25) is 0 Å². The second-order valence-electron chi connectivity index (χ2n) is 4.70. The Morgan fingerprint density at radius 3 is 2.04 bits per heavy atom. The molecule has 2 aromatic rings. The van der Waals surface area contributed by atoms with Crippen LogP contribution < -0.4 is 4.31 Å². The molecule has 2 rings (SSSR count). The van der Waals surface area contributed by atoms with Gasteiger partial charge in [0.15, 0.2) is 0 Å². The molecule has 0 atom stereocenters. The van der Waals surface area contributed by atoms with Gasteiger partial charge in [-0.2, -0.15) is 0 Å². The molecular formula is C14H13N3O6S. The fourth-order valence-corrected chi connectivity index (χ4v) is 3.64. The van der Waals surface area contributed by atoms with Gasteiger partial charge in [0.05, 0.1) is 20.4 Å². The van der Waals surface area contributed by atoms with E-state index >= 15 is 0 Å². The van der Waals surface area contributed by atoms with Crippen LogP contribution in [0, 0.1) is 20.2 Å². The predicted octanol–water partition coefficient (Wildman–Crippen LogP) is 2.72. The van der Waals surface area contributed by atoms with Gasteiger partial charge in [0.1, 0.15) is 0 Å². The molecule has 24 heavy (non-hydrogen) atoms. The lowest BCUT2D eigenvalue weighted by atomic mass is 10.3. The van der Waals surface area contributed by atoms with E-state index in [-0.39, 0.29) is 28.5 Å². The van der Waals surface area contributed by atoms with Gasteiger partial charge >= 0.3 is 0 Å². The summed E-state index contributed by atoms with van der Waals surface area (Å²) in [6.45, 7) is 1.57. The first-order valence-electron chi connectivity index (χ1n) is 6.79. The maximum Gasteiger partial charge on any atom is 0.271 e. The van der Waals surface area contributed by atoms with Crippen LogP contribution in [-0.4, -0.2) is 24.8 Å². The Labute approximate surface area is 137 Å². The number of nitro groups is 2. The van der Waals surface area contributed by atoms with Gasteiger partial charge in [0.25, 0.3) is 21.4 Å². The summed E-state index contributed by atoms with van der Waals surface area (Å²) in [6.07, 6.45) is 0. The van der Waals surface area contributed by atoms with E-state index in [0.29, 0.717) is 0 Å². The molecule has 126 valence electrons. The van der Waals surface area contributed by atoms with E-state index in [1.807, 2.05) is 0 Å². The van der Waals surface area contributed by atoms with E-state index in [9.17, 15) is 28.6 Å². The minimum Gasteiger partial charge on any atom is -0.266 e. The fraction of sp³-hybridized carbons (Fsp3) is 0.143. The summed E-state index contributed by atoms with van der Waals surface area (Å²) in [5, 5.41) is 21.7. The molecule has 0 spiro atoms. The van der Waals surface area contributed by atoms with Crippen LogP contribution >= 0.6 is 0 Å². The van der Waals surface area contributed by atoms with E-state index in [2.05, 4.69) is 0 Å². The summed E-state index contributed by atoms with van der Waals surface area (Å²) in [6, 6.07) is 9.83. The average molecular weight is 351 g/mol. The van der Waals surface area contributed by atoms with Gasteiger partial charge in [-0.25, -0.2) is 8.42 Å². The third kappa shape index (κ3) is 3.33. The van der Waals surface area contributed by atoms with Crippen LogP contribution in [0.2, 0.25) is 0 Å². The lowest BCUT2D eigenvalue weighted by Crippen LogP contribution is -2.30. The SMILES string of the molecule is CCN(c1cccc([N+](=O)[O-])c1)S(=O)(=O)c1cccc([N+](=O)[O-])c1. The van der Waals surface area contributed by atoms with Crippen LogP contribution in [0.5, 0.6) is 0 Å². The molecule has 0 fully saturated rings. The first-order chi connectivity index (χ1) is 11.3. The lowest BCUT2D eigenvalue weighted by Gasteiger charge is -2.22. The van der Waals surface area contributed by atoms with Crippen LogP contribution in [0.3, 0.4) is 0 Å². The number of rotatable bonds is 6. The highest BCUT2D eigenvalue weighted by atomic mass is 32.2. The molecule has 0 saturated heterocycles. The van der Waals surface area contributed by atoms with E-state index in [1.54, 1.807) is 6.92 Å². The average Bonchev–Trinajstić information content (AvgIpc) is 2.55. The van der Waals surface area contributed by atoms with Gasteiger partial charge in [-0.3, -0.25) is 24.5 Å². The van der Waals surface area contributed by atoms with Crippen molar-refractivity contribution in [1.29, 1.82) is 0 Å². The molecule has 0 heterocycles. The number of sulfonamides is 1. The molecule has 9 nitrogen and oxygen atoms in total. The van der Waals surface area contributed by atoms with Crippen LogP contribution in [-0.2, 0) is 10.0 Å². The van der Waals surface area contributed by atoms with Crippen molar-refractivity contribution in [3.8, 4) is 0 Å². The quantitative estimate of drug-likeness (QED) is 0.582. The molecule has 0 N–H and O–H groups in total. The summed E-state index contributed by atoms with van der Waals surface area (Å²) >= 11 is 0. The van der Waals surface area contributed by atoms with Crippen molar-refractivity contribution in [2.75, 3.05) is 10.8 Å². The number of nitrogens with zero attached hydrogens (tertiary/aromatic N) is 3. The third-order valence-electron chi connectivity index (χ3n) is 3.23. The van der Waals surface area contributed by atoms with Gasteiger partial charge in [-0.1, -0.05) is 12.1 Å². The molecule has 0 bridgehead atoms. The van der Waals surface area contributed by atoms with Gasteiger partial charge in [0, 0.05) is 30.8 Å². The fourth-order valence-electron chi connectivity index (χ4n) is 2.14. The van der Waals surface area contributed by atoms with Crippen LogP contribution in [0.4, 0.5) is 17.1 Å². The Morgan fingerprint density at radius 2 is 1.50 bits per heavy atom. The Bertz CT molecular complexity index is 897. The highest BCUT2D eigenvalue weighted by molar-refractivity contribution is 7.92. The molecule has 0 radical (unpaired) electrons. The first-order valence-corrected chi connectivity index (χ1v) is 8.23. The Morgan fingerprint density at radius 1 is 0.958 bits per heavy atom. The summed E-state index contributed by atoms with van der Waals surface area (Å²) in [4.78, 5) is 20.1. The molecular weight excluding hydrogens is 338 g/mol. The molecule has 2 aromatic carbocycles. The van der Waals surface area contributed by atoms with Gasteiger partial charge in [-0.15, -0.1) is 0 Å². The van der Waals surface area contributed by atoms with Crippen molar-refractivity contribution in [2.24, 2.45) is 0 Å². The maximum absolute atomic E-state index is 12.8. The number of anilines is 1. The number of benzene rings is 2. The van der Waals surface area contributed by atoms with Crippen molar-refractivity contribution >= 4 is 27.1 Å². The zero-order valence-corrected chi connectivity index (χ0v) is 13.3. The zero-order chi connectivity index (χ0) is 17.9. The Balaban J connectivity index is 2.53. The van der Waals surface area contributed by atoms with E-state index in [4.69, 9.17) is 0 Å². The standard InChI is InChI=1S/C14H13N3O6S/c1-2-15(11-5-3-6-12(9-11)16(18)19)24(22,23)14-8-4-7-13(10-14)17(20)21/h3-10H,2H2,1H3. The van der Waals surface area contributed by atoms with Crippen molar-refractivity contribution in [2.45, 2.75) is 11.8 Å². The zero-order valence-electron chi connectivity index (χ0n) is 12.5. The normalized spacial score (nSPS) is 11.0. The highest BCUT2D eigenvalue weighted by Gasteiger charge is 2.26. The Kier molecular flexibility index (Phi) is 4.79. The number of hydrogen-bond donors (Lipinski definition) is 0. The molecule has 0 aliphatic heterocycles. The maximum atomic E-state index is 12.8. The smallest absolute Gasteiger partial charge is 0.266 e. The molecule has 10 heteroatoms. The second-order valence-corrected chi connectivity index (χ2v) is 6.56. The van der Waals surface area contributed by atoms with Crippen molar-refractivity contribution < 1.29 is 18.3 Å². The molecule has 0 aliphatic carbocycles. The molecule has 0 amide bonds. The predicted molar refractivity (Wildman–Crippen MR) is 86.4 cm³/mol. The van der Waals surface area contributed by atoms with Gasteiger partial charge in [-0.05, 0) is 19.1 Å². The topological polar surface area (TPSA) is 124 Å². The van der Waals surface area contributed by atoms with Crippen molar-refractivity contribution in [1.82, 2.24) is 0 Å². The molecule has 0 unspecified atom stereocenters. The minimum atomic E-state index is -4.10. The molecule has 0 aromatic heterocycles. The third-order valence-corrected chi connectivity index (χ3v) is 5.13. The van der Waals surface area contributed by atoms with Crippen LogP contribution in [0.15, 0.2) is 53.4 Å². The summed E-state index contributed by atoms with van der Waals surface area (Å²) in [7, 11) is -4.10. The molecule has 0 saturated carbocycles. The minimum absolute atomic E-state index is 0.00614. The van der Waals surface area contributed by atoms with E-state index in [1.165, 1.54) is 36.4 Å². The van der Waals surface area contributed by atoms with Crippen molar-refractivity contribution in [3.05, 3.63) is 68.8 Å². The summed E-state index contributed by atoms with van der Waals surface area (Å²) in [5.41, 5.74) is -0.496. The molecule has 0 aliphatic rings. The Hall–Kier alpha value is -3.01. The number of nitro benzene ring substituents is 2.